The number of fused-ring (bicyclic) bond motifs is 1. The molecule has 1 saturated heterocycles. The lowest BCUT2D eigenvalue weighted by atomic mass is 10.0. The third-order valence-electron chi connectivity index (χ3n) is 3.94. The van der Waals surface area contributed by atoms with Gasteiger partial charge in [-0.1, -0.05) is 6.92 Å². The Balaban J connectivity index is 1.67. The van der Waals surface area contributed by atoms with Crippen LogP contribution < -0.4 is 10.6 Å². The molecule has 0 aliphatic carbocycles. The fourth-order valence-corrected chi connectivity index (χ4v) is 2.77. The molecule has 8 nitrogen and oxygen atoms in total. The Kier molecular flexibility index (Phi) is 3.36. The van der Waals surface area contributed by atoms with Crippen molar-refractivity contribution in [1.82, 2.24) is 25.7 Å². The highest BCUT2D eigenvalue weighted by Crippen LogP contribution is 2.21. The molecule has 0 bridgehead atoms. The number of aryl methyl sites for hydroxylation is 1. The monoisotopic (exact) mass is 291 g/mol. The van der Waals surface area contributed by atoms with Crippen LogP contribution in [-0.2, 0) is 29.0 Å². The van der Waals surface area contributed by atoms with Gasteiger partial charge >= 0.3 is 6.03 Å². The largest absolute Gasteiger partial charge is 0.338 e. The second kappa shape index (κ2) is 5.19. The maximum Gasteiger partial charge on any atom is 0.322 e. The molecule has 4 amide bonds. The molecule has 0 unspecified atom stereocenters. The number of H-pyrrole nitrogens is 1. The molecule has 2 aliphatic heterocycles. The van der Waals surface area contributed by atoms with Crippen molar-refractivity contribution in [2.24, 2.45) is 0 Å². The second-order valence-corrected chi connectivity index (χ2v) is 5.27. The number of aromatic nitrogens is 2. The summed E-state index contributed by atoms with van der Waals surface area (Å²) in [6.45, 7) is 3.13. The Morgan fingerprint density at radius 2 is 2.24 bits per heavy atom. The molecule has 3 rings (SSSR count). The lowest BCUT2D eigenvalue weighted by molar-refractivity contribution is -0.134. The summed E-state index contributed by atoms with van der Waals surface area (Å²) in [7, 11) is 0. The molecule has 0 radical (unpaired) electrons. The van der Waals surface area contributed by atoms with E-state index in [2.05, 4.69) is 20.8 Å². The lowest BCUT2D eigenvalue weighted by Crippen LogP contribution is -2.41. The highest BCUT2D eigenvalue weighted by molar-refractivity contribution is 6.05. The number of carbonyl (C=O) groups is 3. The number of hydrogen-bond donors (Lipinski definition) is 3. The van der Waals surface area contributed by atoms with Crippen molar-refractivity contribution in [3.8, 4) is 0 Å². The van der Waals surface area contributed by atoms with Gasteiger partial charge in [0.15, 0.2) is 0 Å². The summed E-state index contributed by atoms with van der Waals surface area (Å²) in [5.74, 6) is -0.574. The maximum atomic E-state index is 12.3. The van der Waals surface area contributed by atoms with Crippen molar-refractivity contribution in [1.29, 1.82) is 0 Å². The molecular formula is C13H17N5O3. The van der Waals surface area contributed by atoms with E-state index < -0.39 is 18.0 Å². The zero-order valence-corrected chi connectivity index (χ0v) is 11.7. The first-order valence-electron chi connectivity index (χ1n) is 7.02. The van der Waals surface area contributed by atoms with E-state index in [1.807, 2.05) is 6.92 Å². The van der Waals surface area contributed by atoms with E-state index in [1.165, 1.54) is 0 Å². The highest BCUT2D eigenvalue weighted by Gasteiger charge is 2.33. The highest BCUT2D eigenvalue weighted by atomic mass is 16.2. The van der Waals surface area contributed by atoms with Crippen molar-refractivity contribution < 1.29 is 14.4 Å². The van der Waals surface area contributed by atoms with Gasteiger partial charge in [0.25, 0.3) is 5.91 Å². The van der Waals surface area contributed by atoms with Gasteiger partial charge in [-0.05, 0) is 6.42 Å². The summed E-state index contributed by atoms with van der Waals surface area (Å²) >= 11 is 0. The predicted molar refractivity (Wildman–Crippen MR) is 72.2 cm³/mol. The number of amides is 4. The molecule has 1 fully saturated rings. The number of aromatic amines is 1. The van der Waals surface area contributed by atoms with Gasteiger partial charge in [-0.25, -0.2) is 4.79 Å². The zero-order chi connectivity index (χ0) is 15.0. The molecule has 1 aromatic heterocycles. The average molecular weight is 291 g/mol. The minimum Gasteiger partial charge on any atom is -0.338 e. The standard InChI is InChI=1S/C13H17N5O3/c1-2-8-7-6-18(4-3-9(7)17-16-8)11(19)5-10-12(20)15-13(21)14-10/h10H,2-6H2,1H3,(H,16,17)(H2,14,15,20,21)/t10-/m1/s1. The molecule has 8 heteroatoms. The molecule has 2 aliphatic rings. The van der Waals surface area contributed by atoms with E-state index in [4.69, 9.17) is 0 Å². The quantitative estimate of drug-likeness (QED) is 0.650. The Hall–Kier alpha value is -2.38. The van der Waals surface area contributed by atoms with Crippen LogP contribution in [0.2, 0.25) is 0 Å². The van der Waals surface area contributed by atoms with E-state index in [-0.39, 0.29) is 12.3 Å². The Labute approximate surface area is 121 Å². The number of imide groups is 1. The van der Waals surface area contributed by atoms with Crippen molar-refractivity contribution in [2.75, 3.05) is 6.54 Å². The molecule has 0 aromatic carbocycles. The second-order valence-electron chi connectivity index (χ2n) is 5.27. The molecule has 1 atom stereocenters. The van der Waals surface area contributed by atoms with Crippen molar-refractivity contribution >= 4 is 17.8 Å². The van der Waals surface area contributed by atoms with Crippen LogP contribution in [-0.4, -0.2) is 45.5 Å². The number of rotatable bonds is 3. The van der Waals surface area contributed by atoms with Gasteiger partial charge in [0.1, 0.15) is 6.04 Å². The summed E-state index contributed by atoms with van der Waals surface area (Å²) < 4.78 is 0. The first-order valence-corrected chi connectivity index (χ1v) is 7.02. The first-order chi connectivity index (χ1) is 10.1. The fourth-order valence-electron chi connectivity index (χ4n) is 2.77. The van der Waals surface area contributed by atoms with E-state index in [0.29, 0.717) is 13.1 Å². The van der Waals surface area contributed by atoms with Crippen molar-refractivity contribution in [3.63, 3.8) is 0 Å². The maximum absolute atomic E-state index is 12.3. The van der Waals surface area contributed by atoms with Gasteiger partial charge in [0.05, 0.1) is 12.1 Å². The minimum atomic E-state index is -0.763. The van der Waals surface area contributed by atoms with Crippen LogP contribution in [0, 0.1) is 0 Å². The van der Waals surface area contributed by atoms with Crippen LogP contribution in [0.25, 0.3) is 0 Å². The Morgan fingerprint density at radius 3 is 2.90 bits per heavy atom. The normalized spacial score (nSPS) is 21.0. The first kappa shape index (κ1) is 13.6. The van der Waals surface area contributed by atoms with Gasteiger partial charge in [0.2, 0.25) is 5.91 Å². The van der Waals surface area contributed by atoms with Gasteiger partial charge in [-0.3, -0.25) is 20.0 Å². The molecule has 0 spiro atoms. The topological polar surface area (TPSA) is 107 Å². The smallest absolute Gasteiger partial charge is 0.322 e. The third kappa shape index (κ3) is 2.48. The van der Waals surface area contributed by atoms with Crippen LogP contribution in [0.1, 0.15) is 30.3 Å². The molecule has 3 heterocycles. The van der Waals surface area contributed by atoms with E-state index >= 15 is 0 Å². The summed E-state index contributed by atoms with van der Waals surface area (Å²) in [6.07, 6.45) is 1.54. The molecule has 1 aromatic rings. The van der Waals surface area contributed by atoms with Crippen LogP contribution in [0.5, 0.6) is 0 Å². The summed E-state index contributed by atoms with van der Waals surface area (Å²) in [4.78, 5) is 36.6. The van der Waals surface area contributed by atoms with Gasteiger partial charge < -0.3 is 10.2 Å². The van der Waals surface area contributed by atoms with E-state index in [1.54, 1.807) is 4.90 Å². The molecule has 3 N–H and O–H groups in total. The molecule has 0 saturated carbocycles. The number of nitrogens with one attached hydrogen (secondary N) is 3. The molecule has 21 heavy (non-hydrogen) atoms. The zero-order valence-electron chi connectivity index (χ0n) is 11.7. The predicted octanol–water partition coefficient (Wildman–Crippen LogP) is -0.545. The van der Waals surface area contributed by atoms with Gasteiger partial charge in [-0.15, -0.1) is 0 Å². The average Bonchev–Trinajstić information content (AvgIpc) is 3.01. The van der Waals surface area contributed by atoms with Crippen LogP contribution in [0.3, 0.4) is 0 Å². The molecular weight excluding hydrogens is 274 g/mol. The third-order valence-corrected chi connectivity index (χ3v) is 3.94. The Bertz CT molecular complexity index is 595. The summed E-state index contributed by atoms with van der Waals surface area (Å²) in [5, 5.41) is 11.8. The van der Waals surface area contributed by atoms with Gasteiger partial charge in [0, 0.05) is 30.8 Å². The van der Waals surface area contributed by atoms with Crippen LogP contribution >= 0.6 is 0 Å². The Morgan fingerprint density at radius 1 is 1.43 bits per heavy atom. The van der Waals surface area contributed by atoms with Crippen molar-refractivity contribution in [3.05, 3.63) is 17.0 Å². The minimum absolute atomic E-state index is 0.00772. The number of carbonyl (C=O) groups excluding carboxylic acids is 3. The summed E-state index contributed by atoms with van der Waals surface area (Å²) in [6, 6.07) is -1.30. The van der Waals surface area contributed by atoms with E-state index in [0.717, 1.165) is 29.8 Å². The number of hydrogen-bond acceptors (Lipinski definition) is 4. The van der Waals surface area contributed by atoms with Crippen LogP contribution in [0.15, 0.2) is 0 Å². The van der Waals surface area contributed by atoms with Gasteiger partial charge in [-0.2, -0.15) is 5.10 Å². The fraction of sp³-hybridized carbons (Fsp3) is 0.538. The number of nitrogens with zero attached hydrogens (tertiary/aromatic N) is 2. The van der Waals surface area contributed by atoms with Crippen molar-refractivity contribution in [2.45, 2.75) is 38.8 Å². The molecule has 112 valence electrons. The lowest BCUT2D eigenvalue weighted by Gasteiger charge is -2.27. The SMILES string of the molecule is CCc1n[nH]c2c1CN(C(=O)C[C@H]1NC(=O)NC1=O)CC2. The number of urea groups is 1. The summed E-state index contributed by atoms with van der Waals surface area (Å²) in [5.41, 5.74) is 3.15. The van der Waals surface area contributed by atoms with E-state index in [9.17, 15) is 14.4 Å². The van der Waals surface area contributed by atoms with Crippen LogP contribution in [0.4, 0.5) is 4.79 Å².